The summed E-state index contributed by atoms with van der Waals surface area (Å²) in [7, 11) is 0. The van der Waals surface area contributed by atoms with Gasteiger partial charge in [-0.2, -0.15) is 0 Å². The zero-order chi connectivity index (χ0) is 32.6. The van der Waals surface area contributed by atoms with Crippen LogP contribution in [0.2, 0.25) is 0 Å². The quantitative estimate of drug-likeness (QED) is 0.162. The highest BCUT2D eigenvalue weighted by atomic mass is 15.0. The average molecular weight is 593 g/mol. The highest BCUT2D eigenvalue weighted by Crippen LogP contribution is 2.36. The van der Waals surface area contributed by atoms with Crippen molar-refractivity contribution in [2.45, 2.75) is 59.5 Å². The fourth-order valence-corrected chi connectivity index (χ4v) is 5.94. The highest BCUT2D eigenvalue weighted by Gasteiger charge is 2.20. The van der Waals surface area contributed by atoms with Crippen LogP contribution in [0.15, 0.2) is 163 Å². The van der Waals surface area contributed by atoms with Crippen LogP contribution in [0.5, 0.6) is 0 Å². The molecule has 0 saturated heterocycles. The maximum Gasteiger partial charge on any atom is 0.0496 e. The summed E-state index contributed by atoms with van der Waals surface area (Å²) in [5.74, 6) is 0. The summed E-state index contributed by atoms with van der Waals surface area (Å²) in [4.78, 5) is 0. The van der Waals surface area contributed by atoms with Gasteiger partial charge in [-0.3, -0.25) is 0 Å². The molecular formula is C43H48N2. The van der Waals surface area contributed by atoms with Crippen molar-refractivity contribution in [1.29, 1.82) is 0 Å². The van der Waals surface area contributed by atoms with E-state index in [1.165, 1.54) is 32.9 Å². The zero-order valence-electron chi connectivity index (χ0n) is 27.9. The van der Waals surface area contributed by atoms with Crippen LogP contribution in [-0.4, -0.2) is 10.6 Å². The van der Waals surface area contributed by atoms with Crippen molar-refractivity contribution in [2.75, 3.05) is 5.32 Å². The van der Waals surface area contributed by atoms with Crippen molar-refractivity contribution in [1.82, 2.24) is 4.57 Å². The van der Waals surface area contributed by atoms with E-state index in [-0.39, 0.29) is 11.6 Å². The number of benzene rings is 3. The molecule has 4 rings (SSSR count). The minimum absolute atomic E-state index is 0.0220. The number of para-hydroxylation sites is 1. The average Bonchev–Trinajstić information content (AvgIpc) is 3.35. The number of rotatable bonds is 12. The minimum atomic E-state index is -0.0220. The van der Waals surface area contributed by atoms with Crippen LogP contribution in [0.4, 0.5) is 5.69 Å². The Hall–Kier alpha value is -4.82. The Morgan fingerprint density at radius 3 is 2.22 bits per heavy atom. The van der Waals surface area contributed by atoms with Gasteiger partial charge in [0, 0.05) is 39.1 Å². The molecule has 0 amide bonds. The lowest BCUT2D eigenvalue weighted by atomic mass is 9.98. The lowest BCUT2D eigenvalue weighted by molar-refractivity contribution is 0.423. The summed E-state index contributed by atoms with van der Waals surface area (Å²) in [6.07, 6.45) is 19.2. The lowest BCUT2D eigenvalue weighted by Gasteiger charge is -2.24. The predicted octanol–water partition coefficient (Wildman–Crippen LogP) is 12.3. The van der Waals surface area contributed by atoms with Gasteiger partial charge >= 0.3 is 0 Å². The van der Waals surface area contributed by atoms with Crippen LogP contribution < -0.4 is 5.32 Å². The molecule has 2 nitrogen and oxygen atoms in total. The first kappa shape index (κ1) is 33.1. The summed E-state index contributed by atoms with van der Waals surface area (Å²) in [5.41, 5.74) is 10.2. The number of aromatic nitrogens is 1. The van der Waals surface area contributed by atoms with Gasteiger partial charge in [0.2, 0.25) is 0 Å². The molecule has 1 atom stereocenters. The molecule has 1 unspecified atom stereocenters. The molecule has 3 aromatic carbocycles. The Morgan fingerprint density at radius 2 is 1.51 bits per heavy atom. The number of hydrogen-bond acceptors (Lipinski definition) is 1. The third-order valence-corrected chi connectivity index (χ3v) is 7.98. The molecule has 0 bridgehead atoms. The van der Waals surface area contributed by atoms with Gasteiger partial charge in [-0.05, 0) is 112 Å². The van der Waals surface area contributed by atoms with Gasteiger partial charge in [-0.25, -0.2) is 0 Å². The number of nitrogens with one attached hydrogen (secondary N) is 1. The van der Waals surface area contributed by atoms with Gasteiger partial charge in [-0.1, -0.05) is 111 Å². The summed E-state index contributed by atoms with van der Waals surface area (Å²) in [5, 5.41) is 6.31. The molecule has 0 saturated carbocycles. The van der Waals surface area contributed by atoms with E-state index in [4.69, 9.17) is 0 Å². The molecule has 45 heavy (non-hydrogen) atoms. The standard InChI is InChI=1S/C43H48N2/c1-10-18-31(4)34(20-12-3)21-13-14-24-38(32(5)19-11-2)33(6)44-37-23-17-22-35(29-37)36-27-28-42-40(30-36)39-25-15-16-26-41(39)45(42)43(7,8)9/h10-20,22-30,33,44H,3-5,21H2,1-2,6-9H3/b14-13-,18-10-,19-11-,34-20+,38-24-. The Balaban J connectivity index is 1.62. The maximum atomic E-state index is 4.36. The van der Waals surface area contributed by atoms with Gasteiger partial charge in [0.05, 0.1) is 0 Å². The van der Waals surface area contributed by atoms with E-state index in [1.54, 1.807) is 0 Å². The molecular weight excluding hydrogens is 544 g/mol. The van der Waals surface area contributed by atoms with E-state index >= 15 is 0 Å². The second-order valence-electron chi connectivity index (χ2n) is 12.4. The Kier molecular flexibility index (Phi) is 10.9. The minimum Gasteiger partial charge on any atom is -0.378 e. The SMILES string of the molecule is C=C/C=C(\C/C=C\C=C(\C(=C)/C=C\C)C(C)Nc1cccc(-c2ccc3c(c2)c2ccccc2n3C(C)(C)C)c1)C(=C)/C=C\C. The van der Waals surface area contributed by atoms with Crippen molar-refractivity contribution in [3.63, 3.8) is 0 Å². The molecule has 230 valence electrons. The number of fused-ring (bicyclic) bond motifs is 3. The van der Waals surface area contributed by atoms with E-state index in [9.17, 15) is 0 Å². The zero-order valence-corrected chi connectivity index (χ0v) is 27.9. The van der Waals surface area contributed by atoms with Gasteiger partial charge in [0.1, 0.15) is 0 Å². The molecule has 0 aliphatic rings. The fourth-order valence-electron chi connectivity index (χ4n) is 5.94. The van der Waals surface area contributed by atoms with Crippen molar-refractivity contribution in [3.05, 3.63) is 163 Å². The smallest absolute Gasteiger partial charge is 0.0496 e. The number of hydrogen-bond donors (Lipinski definition) is 1. The first-order chi connectivity index (χ1) is 21.6. The third-order valence-electron chi connectivity index (χ3n) is 7.98. The van der Waals surface area contributed by atoms with Crippen LogP contribution in [0.3, 0.4) is 0 Å². The van der Waals surface area contributed by atoms with E-state index in [2.05, 4.69) is 148 Å². The van der Waals surface area contributed by atoms with Gasteiger partial charge in [-0.15, -0.1) is 0 Å². The van der Waals surface area contributed by atoms with Crippen LogP contribution in [0.25, 0.3) is 32.9 Å². The lowest BCUT2D eigenvalue weighted by Crippen LogP contribution is -2.21. The van der Waals surface area contributed by atoms with Crippen molar-refractivity contribution in [3.8, 4) is 11.1 Å². The largest absolute Gasteiger partial charge is 0.378 e. The van der Waals surface area contributed by atoms with E-state index in [0.717, 1.165) is 34.4 Å². The topological polar surface area (TPSA) is 17.0 Å². The van der Waals surface area contributed by atoms with E-state index < -0.39 is 0 Å². The third kappa shape index (κ3) is 7.83. The summed E-state index contributed by atoms with van der Waals surface area (Å²) in [6, 6.07) is 24.3. The second kappa shape index (κ2) is 14.8. The monoisotopic (exact) mass is 592 g/mol. The predicted molar refractivity (Wildman–Crippen MR) is 201 cm³/mol. The summed E-state index contributed by atoms with van der Waals surface area (Å²) >= 11 is 0. The molecule has 2 heteroatoms. The molecule has 0 aliphatic heterocycles. The second-order valence-corrected chi connectivity index (χ2v) is 12.4. The molecule has 0 fully saturated rings. The van der Waals surface area contributed by atoms with Crippen molar-refractivity contribution in [2.24, 2.45) is 0 Å². The fraction of sp³-hybridized carbons (Fsp3) is 0.209. The maximum absolute atomic E-state index is 4.36. The summed E-state index contributed by atoms with van der Waals surface area (Å²) in [6.45, 7) is 25.4. The van der Waals surface area contributed by atoms with Crippen LogP contribution in [0.1, 0.15) is 48.0 Å². The molecule has 0 aliphatic carbocycles. The highest BCUT2D eigenvalue weighted by molar-refractivity contribution is 6.09. The van der Waals surface area contributed by atoms with E-state index in [1.807, 2.05) is 44.2 Å². The van der Waals surface area contributed by atoms with Gasteiger partial charge in [0.15, 0.2) is 0 Å². The molecule has 1 heterocycles. The first-order valence-corrected chi connectivity index (χ1v) is 15.8. The number of allylic oxidation sites excluding steroid dienone is 11. The summed E-state index contributed by atoms with van der Waals surface area (Å²) < 4.78 is 2.45. The molecule has 4 aromatic rings. The first-order valence-electron chi connectivity index (χ1n) is 15.8. The number of anilines is 1. The van der Waals surface area contributed by atoms with Crippen molar-refractivity contribution >= 4 is 27.5 Å². The molecule has 0 radical (unpaired) electrons. The van der Waals surface area contributed by atoms with Gasteiger partial charge in [0.25, 0.3) is 0 Å². The van der Waals surface area contributed by atoms with Crippen LogP contribution in [-0.2, 0) is 5.54 Å². The Bertz CT molecular complexity index is 1860. The van der Waals surface area contributed by atoms with Crippen LogP contribution in [0, 0.1) is 0 Å². The number of nitrogens with zero attached hydrogens (tertiary/aromatic N) is 1. The molecule has 1 N–H and O–H groups in total. The van der Waals surface area contributed by atoms with Crippen LogP contribution >= 0.6 is 0 Å². The normalized spacial score (nSPS) is 13.8. The Morgan fingerprint density at radius 1 is 0.822 bits per heavy atom. The Labute approximate surface area is 270 Å². The molecule has 0 spiro atoms. The molecule has 1 aromatic heterocycles. The van der Waals surface area contributed by atoms with Crippen molar-refractivity contribution < 1.29 is 0 Å². The van der Waals surface area contributed by atoms with E-state index in [0.29, 0.717) is 0 Å². The van der Waals surface area contributed by atoms with Gasteiger partial charge < -0.3 is 9.88 Å².